The first-order valence-corrected chi connectivity index (χ1v) is 8.22. The molecule has 0 spiro atoms. The highest BCUT2D eigenvalue weighted by Crippen LogP contribution is 2.11. The molecule has 0 aromatic heterocycles. The summed E-state index contributed by atoms with van der Waals surface area (Å²) in [6, 6.07) is 0. The zero-order valence-corrected chi connectivity index (χ0v) is 12.8. The minimum Gasteiger partial charge on any atom is -0.0845 e. The van der Waals surface area contributed by atoms with Gasteiger partial charge in [-0.1, -0.05) is 93.2 Å². The molecule has 1 aliphatic rings. The van der Waals surface area contributed by atoms with E-state index in [1.54, 1.807) is 0 Å². The van der Waals surface area contributed by atoms with Gasteiger partial charge in [0.25, 0.3) is 0 Å². The van der Waals surface area contributed by atoms with Crippen molar-refractivity contribution in [3.8, 4) is 0 Å². The molecule has 20 heavy (non-hydrogen) atoms. The van der Waals surface area contributed by atoms with Gasteiger partial charge in [-0.2, -0.15) is 0 Å². The van der Waals surface area contributed by atoms with Gasteiger partial charge in [-0.05, 0) is 31.8 Å². The molecule has 0 atom stereocenters. The molecule has 0 heterocycles. The van der Waals surface area contributed by atoms with Crippen molar-refractivity contribution in [3.63, 3.8) is 0 Å². The predicted molar refractivity (Wildman–Crippen MR) is 90.5 cm³/mol. The topological polar surface area (TPSA) is 0 Å². The Labute approximate surface area is 125 Å². The van der Waals surface area contributed by atoms with Gasteiger partial charge < -0.3 is 0 Å². The Bertz CT molecular complexity index is 305. The average Bonchev–Trinajstić information content (AvgIpc) is 2.46. The molecule has 0 saturated carbocycles. The van der Waals surface area contributed by atoms with Crippen LogP contribution in [0.15, 0.2) is 54.7 Å². The first kappa shape index (κ1) is 16.8. The maximum absolute atomic E-state index is 3.33. The SMILES string of the molecule is [C]1=C/C=C/C=C\C=C\C=C\CCCCCCCCCC/1. The molecule has 0 N–H and O–H groups in total. The summed E-state index contributed by atoms with van der Waals surface area (Å²) in [7, 11) is 0. The molecule has 0 heteroatoms. The van der Waals surface area contributed by atoms with Crippen LogP contribution in [0.5, 0.6) is 0 Å². The largest absolute Gasteiger partial charge is 0.0845 e. The number of hydrogen-bond donors (Lipinski definition) is 0. The van der Waals surface area contributed by atoms with E-state index in [0.29, 0.717) is 0 Å². The van der Waals surface area contributed by atoms with Crippen LogP contribution in [0.3, 0.4) is 0 Å². The van der Waals surface area contributed by atoms with Crippen LogP contribution in [-0.4, -0.2) is 0 Å². The fraction of sp³-hybridized carbons (Fsp3) is 0.500. The summed E-state index contributed by atoms with van der Waals surface area (Å²) in [4.78, 5) is 0. The normalized spacial score (nSPS) is 28.0. The zero-order chi connectivity index (χ0) is 14.1. The van der Waals surface area contributed by atoms with E-state index in [1.165, 1.54) is 57.8 Å². The fourth-order valence-corrected chi connectivity index (χ4v) is 2.25. The van der Waals surface area contributed by atoms with E-state index in [0.717, 1.165) is 6.42 Å². The third-order valence-corrected chi connectivity index (χ3v) is 3.46. The molecule has 0 aromatic carbocycles. The maximum Gasteiger partial charge on any atom is -0.0276 e. The molecule has 1 aliphatic carbocycles. The van der Waals surface area contributed by atoms with Crippen LogP contribution in [0.25, 0.3) is 0 Å². The van der Waals surface area contributed by atoms with Crippen LogP contribution in [0.1, 0.15) is 64.2 Å². The standard InChI is InChI=1S/C20H29/c1-2-4-6-8-10-12-14-16-18-20-19-17-15-13-11-9-7-5-3-1/h1-9H,10,12-20H2/b3-1-,4-2+,7-5+,8-6+,11-9?. The van der Waals surface area contributed by atoms with Gasteiger partial charge >= 0.3 is 0 Å². The molecule has 0 nitrogen and oxygen atoms in total. The van der Waals surface area contributed by atoms with Gasteiger partial charge in [-0.3, -0.25) is 0 Å². The fourth-order valence-electron chi connectivity index (χ4n) is 2.25. The highest BCUT2D eigenvalue weighted by molar-refractivity contribution is 5.17. The van der Waals surface area contributed by atoms with E-state index in [2.05, 4.69) is 54.7 Å². The Morgan fingerprint density at radius 3 is 1.80 bits per heavy atom. The molecular weight excluding hydrogens is 240 g/mol. The summed E-state index contributed by atoms with van der Waals surface area (Å²) in [5.41, 5.74) is 0. The Kier molecular flexibility index (Phi) is 11.8. The van der Waals surface area contributed by atoms with Gasteiger partial charge in [-0.15, -0.1) is 0 Å². The van der Waals surface area contributed by atoms with Crippen LogP contribution in [0.4, 0.5) is 0 Å². The predicted octanol–water partition coefficient (Wildman–Crippen LogP) is 6.49. The number of hydrogen-bond acceptors (Lipinski definition) is 0. The van der Waals surface area contributed by atoms with Crippen molar-refractivity contribution in [2.75, 3.05) is 0 Å². The van der Waals surface area contributed by atoms with Gasteiger partial charge in [-0.25, -0.2) is 0 Å². The monoisotopic (exact) mass is 269 g/mol. The zero-order valence-electron chi connectivity index (χ0n) is 12.8. The number of rotatable bonds is 0. The summed E-state index contributed by atoms with van der Waals surface area (Å²) in [6.45, 7) is 0. The van der Waals surface area contributed by atoms with Gasteiger partial charge in [0.2, 0.25) is 0 Å². The third-order valence-electron chi connectivity index (χ3n) is 3.46. The van der Waals surface area contributed by atoms with Crippen molar-refractivity contribution in [3.05, 3.63) is 60.8 Å². The van der Waals surface area contributed by atoms with Crippen LogP contribution in [0.2, 0.25) is 0 Å². The second-order valence-corrected chi connectivity index (χ2v) is 5.32. The average molecular weight is 269 g/mol. The smallest absolute Gasteiger partial charge is 0.0276 e. The van der Waals surface area contributed by atoms with Crippen molar-refractivity contribution in [2.24, 2.45) is 0 Å². The lowest BCUT2D eigenvalue weighted by molar-refractivity contribution is 0.570. The molecule has 0 amide bonds. The number of allylic oxidation sites excluding steroid dienone is 10. The Morgan fingerprint density at radius 2 is 1.05 bits per heavy atom. The van der Waals surface area contributed by atoms with Crippen molar-refractivity contribution < 1.29 is 0 Å². The summed E-state index contributed by atoms with van der Waals surface area (Å²) >= 11 is 0. The molecule has 1 rings (SSSR count). The first-order valence-electron chi connectivity index (χ1n) is 8.22. The maximum atomic E-state index is 3.33. The van der Waals surface area contributed by atoms with E-state index in [-0.39, 0.29) is 0 Å². The van der Waals surface area contributed by atoms with Crippen LogP contribution in [-0.2, 0) is 0 Å². The minimum absolute atomic E-state index is 1.10. The summed E-state index contributed by atoms with van der Waals surface area (Å²) in [5.74, 6) is 0. The summed E-state index contributed by atoms with van der Waals surface area (Å²) in [5, 5.41) is 0. The molecule has 0 bridgehead atoms. The lowest BCUT2D eigenvalue weighted by Crippen LogP contribution is -1.81. The lowest BCUT2D eigenvalue weighted by atomic mass is 10.1. The van der Waals surface area contributed by atoms with E-state index in [1.807, 2.05) is 6.08 Å². The molecule has 0 aromatic rings. The van der Waals surface area contributed by atoms with Gasteiger partial charge in [0.1, 0.15) is 0 Å². The molecular formula is C20H29. The van der Waals surface area contributed by atoms with Crippen LogP contribution in [0, 0.1) is 6.08 Å². The van der Waals surface area contributed by atoms with Gasteiger partial charge in [0.05, 0.1) is 0 Å². The minimum atomic E-state index is 1.10. The van der Waals surface area contributed by atoms with Crippen LogP contribution >= 0.6 is 0 Å². The highest BCUT2D eigenvalue weighted by atomic mass is 14.0. The van der Waals surface area contributed by atoms with Crippen molar-refractivity contribution in [2.45, 2.75) is 64.2 Å². The van der Waals surface area contributed by atoms with E-state index < -0.39 is 0 Å². The van der Waals surface area contributed by atoms with Crippen molar-refractivity contribution in [1.82, 2.24) is 0 Å². The molecule has 0 saturated heterocycles. The van der Waals surface area contributed by atoms with E-state index in [4.69, 9.17) is 0 Å². The Morgan fingerprint density at radius 1 is 0.500 bits per heavy atom. The second kappa shape index (κ2) is 14.1. The Balaban J connectivity index is 2.31. The molecule has 0 aliphatic heterocycles. The molecule has 1 radical (unpaired) electrons. The summed E-state index contributed by atoms with van der Waals surface area (Å²) in [6.07, 6.45) is 35.5. The highest BCUT2D eigenvalue weighted by Gasteiger charge is 1.91. The Hall–Kier alpha value is -1.30. The van der Waals surface area contributed by atoms with Crippen LogP contribution < -0.4 is 0 Å². The van der Waals surface area contributed by atoms with Crippen molar-refractivity contribution >= 4 is 0 Å². The second-order valence-electron chi connectivity index (χ2n) is 5.32. The van der Waals surface area contributed by atoms with E-state index >= 15 is 0 Å². The quantitative estimate of drug-likeness (QED) is 0.472. The third kappa shape index (κ3) is 11.8. The molecule has 109 valence electrons. The van der Waals surface area contributed by atoms with Gasteiger partial charge in [0.15, 0.2) is 0 Å². The lowest BCUT2D eigenvalue weighted by Gasteiger charge is -2.00. The van der Waals surface area contributed by atoms with E-state index in [9.17, 15) is 0 Å². The van der Waals surface area contributed by atoms with Crippen molar-refractivity contribution in [1.29, 1.82) is 0 Å². The molecule has 0 fully saturated rings. The summed E-state index contributed by atoms with van der Waals surface area (Å²) < 4.78 is 0. The first-order chi connectivity index (χ1) is 10.0. The molecule has 0 unspecified atom stereocenters. The van der Waals surface area contributed by atoms with Gasteiger partial charge in [0, 0.05) is 0 Å².